The van der Waals surface area contributed by atoms with Crippen LogP contribution in [0.15, 0.2) is 0 Å². The first kappa shape index (κ1) is 12.1. The first-order chi connectivity index (χ1) is 6.54. The Morgan fingerprint density at radius 1 is 0.600 bits per heavy atom. The minimum absolute atomic E-state index is 3.75. The van der Waals surface area contributed by atoms with Crippen LogP contribution in [-0.4, -0.2) is 9.79 Å². The normalized spacial score (nSPS) is 60.1. The third kappa shape index (κ3) is 2.49. The van der Waals surface area contributed by atoms with Crippen molar-refractivity contribution in [3.05, 3.63) is 0 Å². The second-order valence-electron chi connectivity index (χ2n) is 2.24. The summed E-state index contributed by atoms with van der Waals surface area (Å²) in [6, 6.07) is 0. The molecule has 0 saturated carbocycles. The highest BCUT2D eigenvalue weighted by Crippen LogP contribution is 2.90. The predicted molar refractivity (Wildman–Crippen MR) is 40.3 cm³/mol. The van der Waals surface area contributed by atoms with Crippen molar-refractivity contribution in [2.45, 2.75) is 0 Å². The average molecular weight is 302 g/mol. The highest BCUT2D eigenvalue weighted by molar-refractivity contribution is 7.82. The molecule has 0 unspecified atom stereocenters. The van der Waals surface area contributed by atoms with Crippen molar-refractivity contribution in [2.24, 2.45) is 0 Å². The molecular formula is H2O11P4. The maximum Gasteiger partial charge on any atom is 0.501 e. The molecule has 88 valence electrons. The van der Waals surface area contributed by atoms with Gasteiger partial charge in [0.05, 0.1) is 0 Å². The van der Waals surface area contributed by atoms with Crippen LogP contribution in [0.5, 0.6) is 0 Å². The summed E-state index contributed by atoms with van der Waals surface area (Å²) in [5.41, 5.74) is 0. The zero-order valence-electron chi connectivity index (χ0n) is 6.36. The lowest BCUT2D eigenvalue weighted by molar-refractivity contribution is 0.126. The Morgan fingerprint density at radius 2 is 0.867 bits per heavy atom. The molecule has 0 radical (unpaired) electrons. The van der Waals surface area contributed by atoms with Gasteiger partial charge in [0, 0.05) is 0 Å². The van der Waals surface area contributed by atoms with Gasteiger partial charge in [0.15, 0.2) is 0 Å². The van der Waals surface area contributed by atoms with Crippen LogP contribution in [0.3, 0.4) is 0 Å². The smallest absolute Gasteiger partial charge is 0.302 e. The van der Waals surface area contributed by atoms with Crippen molar-refractivity contribution >= 4 is 31.3 Å². The lowest BCUT2D eigenvalue weighted by Gasteiger charge is -2.33. The maximum atomic E-state index is 11.2. The molecule has 2 saturated heterocycles. The van der Waals surface area contributed by atoms with E-state index in [0.717, 1.165) is 0 Å². The zero-order chi connectivity index (χ0) is 11.5. The van der Waals surface area contributed by atoms with Gasteiger partial charge in [-0.05, 0) is 0 Å². The van der Waals surface area contributed by atoms with E-state index in [1.807, 2.05) is 0 Å². The number of hydrogen-bond donors (Lipinski definition) is 2. The Balaban J connectivity index is 2.51. The first-order valence-corrected chi connectivity index (χ1v) is 8.87. The SMILES string of the molecule is O=P1(O)OP2(=O)OP(=O)(O)OP(=O)(O1)O2. The molecule has 2 aliphatic heterocycles. The lowest BCUT2D eigenvalue weighted by atomic mass is 15.6. The second kappa shape index (κ2) is 3.10. The monoisotopic (exact) mass is 302 g/mol. The predicted octanol–water partition coefficient (Wildman–Crippen LogP) is 1.51. The van der Waals surface area contributed by atoms with E-state index in [-0.39, 0.29) is 0 Å². The van der Waals surface area contributed by atoms with Gasteiger partial charge in [-0.15, -0.1) is 0 Å². The fraction of sp³-hybridized carbons (Fsp3) is 0. The molecule has 2 aliphatic rings. The number of hydrogen-bond acceptors (Lipinski definition) is 9. The number of rotatable bonds is 0. The topological polar surface area (TPSA) is 155 Å². The molecule has 2 rings (SSSR count). The van der Waals surface area contributed by atoms with Crippen LogP contribution in [0.1, 0.15) is 0 Å². The lowest BCUT2D eigenvalue weighted by Crippen LogP contribution is -2.12. The summed E-state index contributed by atoms with van der Waals surface area (Å²) in [4.78, 5) is 17.5. The van der Waals surface area contributed by atoms with Gasteiger partial charge < -0.3 is 9.79 Å². The van der Waals surface area contributed by atoms with Crippen molar-refractivity contribution < 1.29 is 49.6 Å². The van der Waals surface area contributed by atoms with Crippen LogP contribution in [-0.2, 0) is 39.8 Å². The zero-order valence-corrected chi connectivity index (χ0v) is 9.94. The van der Waals surface area contributed by atoms with Crippen LogP contribution in [0.2, 0.25) is 0 Å². The van der Waals surface area contributed by atoms with Crippen LogP contribution in [0.25, 0.3) is 0 Å². The van der Waals surface area contributed by atoms with E-state index in [1.165, 1.54) is 0 Å². The van der Waals surface area contributed by atoms with Gasteiger partial charge in [-0.3, -0.25) is 0 Å². The van der Waals surface area contributed by atoms with Crippen LogP contribution < -0.4 is 0 Å². The van der Waals surface area contributed by atoms with Crippen LogP contribution in [0, 0.1) is 0 Å². The number of fused-ring (bicyclic) bond motifs is 2. The molecule has 2 N–H and O–H groups in total. The average Bonchev–Trinajstić information content (AvgIpc) is 1.67. The fourth-order valence-electron chi connectivity index (χ4n) is 0.747. The van der Waals surface area contributed by atoms with E-state index in [9.17, 15) is 18.3 Å². The quantitative estimate of drug-likeness (QED) is 0.625. The Kier molecular flexibility index (Phi) is 2.50. The fourth-order valence-corrected chi connectivity index (χ4v) is 8.87. The van der Waals surface area contributed by atoms with Gasteiger partial charge in [0.25, 0.3) is 0 Å². The van der Waals surface area contributed by atoms with E-state index in [4.69, 9.17) is 9.79 Å². The van der Waals surface area contributed by atoms with Gasteiger partial charge in [-0.1, -0.05) is 0 Å². The second-order valence-corrected chi connectivity index (χ2v) is 9.17. The molecule has 0 aromatic heterocycles. The summed E-state index contributed by atoms with van der Waals surface area (Å²) < 4.78 is 63.0. The molecule has 0 atom stereocenters. The van der Waals surface area contributed by atoms with E-state index >= 15 is 0 Å². The summed E-state index contributed by atoms with van der Waals surface area (Å²) in [6.45, 7) is 0. The molecule has 0 aromatic rings. The summed E-state index contributed by atoms with van der Waals surface area (Å²) >= 11 is 0. The Morgan fingerprint density at radius 3 is 1.13 bits per heavy atom. The van der Waals surface area contributed by atoms with Gasteiger partial charge in [-0.25, -0.2) is 18.3 Å². The molecule has 0 amide bonds. The standard InChI is InChI=1S/H2O11P4/c1-12(2)7-14(5)9-13(3,4)10-15(6,8-12)11-14/h(H,1,2)(H,3,4). The summed E-state index contributed by atoms with van der Waals surface area (Å²) in [7, 11) is -19.8. The van der Waals surface area contributed by atoms with Crippen LogP contribution in [0.4, 0.5) is 0 Å². The van der Waals surface area contributed by atoms with Crippen LogP contribution >= 0.6 is 31.3 Å². The molecule has 0 spiro atoms. The van der Waals surface area contributed by atoms with Crippen molar-refractivity contribution in [3.8, 4) is 0 Å². The molecule has 2 heterocycles. The Labute approximate surface area is 81.7 Å². The summed E-state index contributed by atoms with van der Waals surface area (Å²) in [5.74, 6) is 0. The van der Waals surface area contributed by atoms with Crippen molar-refractivity contribution in [1.29, 1.82) is 0 Å². The molecule has 0 aromatic carbocycles. The largest absolute Gasteiger partial charge is 0.501 e. The highest BCUT2D eigenvalue weighted by Gasteiger charge is 2.65. The highest BCUT2D eigenvalue weighted by atomic mass is 31.4. The molecule has 11 nitrogen and oxygen atoms in total. The van der Waals surface area contributed by atoms with Crippen molar-refractivity contribution in [3.63, 3.8) is 0 Å². The Bertz CT molecular complexity index is 394. The van der Waals surface area contributed by atoms with Crippen molar-refractivity contribution in [2.75, 3.05) is 0 Å². The minimum Gasteiger partial charge on any atom is -0.302 e. The van der Waals surface area contributed by atoms with E-state index < -0.39 is 31.3 Å². The molecule has 2 bridgehead atoms. The van der Waals surface area contributed by atoms with Gasteiger partial charge >= 0.3 is 31.3 Å². The molecule has 2 fully saturated rings. The van der Waals surface area contributed by atoms with Gasteiger partial charge in [-0.2, -0.15) is 21.6 Å². The third-order valence-corrected chi connectivity index (χ3v) is 9.11. The van der Waals surface area contributed by atoms with E-state index in [1.54, 1.807) is 0 Å². The van der Waals surface area contributed by atoms with Gasteiger partial charge in [0.1, 0.15) is 0 Å². The molecule has 15 heavy (non-hydrogen) atoms. The van der Waals surface area contributed by atoms with Crippen molar-refractivity contribution in [1.82, 2.24) is 0 Å². The molecule has 15 heteroatoms. The minimum atomic E-state index is -4.98. The van der Waals surface area contributed by atoms with E-state index in [2.05, 4.69) is 21.6 Å². The summed E-state index contributed by atoms with van der Waals surface area (Å²) in [6.07, 6.45) is 0. The third-order valence-electron chi connectivity index (χ3n) is 1.01. The Hall–Kier alpha value is 0.640. The molecule has 0 aliphatic carbocycles. The van der Waals surface area contributed by atoms with E-state index in [0.29, 0.717) is 0 Å². The van der Waals surface area contributed by atoms with Gasteiger partial charge in [0.2, 0.25) is 0 Å². The maximum absolute atomic E-state index is 11.2. The number of phosphoric acid groups is 4. The first-order valence-electron chi connectivity index (χ1n) is 2.96. The molecular weight excluding hydrogens is 300 g/mol. The summed E-state index contributed by atoms with van der Waals surface area (Å²) in [5, 5.41) is 0.